The van der Waals surface area contributed by atoms with Gasteiger partial charge in [0.25, 0.3) is 0 Å². The maximum Gasteiger partial charge on any atom is 0.242 e. The number of hydrogen-bond donors (Lipinski definition) is 2. The van der Waals surface area contributed by atoms with Crippen LogP contribution in [-0.4, -0.2) is 76.3 Å². The SMILES string of the molecule is CCOCCCNC(=NC)NCC(=O)N1CCN(c2ccc(Cl)cc2)CC1. The quantitative estimate of drug-likeness (QED) is 0.397. The van der Waals surface area contributed by atoms with Gasteiger partial charge in [-0.25, -0.2) is 0 Å². The maximum absolute atomic E-state index is 12.4. The predicted octanol–water partition coefficient (Wildman–Crippen LogP) is 1.58. The lowest BCUT2D eigenvalue weighted by molar-refractivity contribution is -0.130. The second kappa shape index (κ2) is 11.7. The van der Waals surface area contributed by atoms with Crippen LogP contribution in [0, 0.1) is 0 Å². The van der Waals surface area contributed by atoms with Crippen molar-refractivity contribution in [2.45, 2.75) is 13.3 Å². The molecule has 0 atom stereocenters. The number of aliphatic imine (C=N–C) groups is 1. The molecule has 2 N–H and O–H groups in total. The van der Waals surface area contributed by atoms with Crippen LogP contribution in [0.5, 0.6) is 0 Å². The van der Waals surface area contributed by atoms with Crippen LogP contribution in [0.25, 0.3) is 0 Å². The van der Waals surface area contributed by atoms with E-state index in [1.54, 1.807) is 7.05 Å². The summed E-state index contributed by atoms with van der Waals surface area (Å²) in [7, 11) is 1.70. The molecule has 150 valence electrons. The number of halogens is 1. The van der Waals surface area contributed by atoms with Crippen molar-refractivity contribution in [3.63, 3.8) is 0 Å². The van der Waals surface area contributed by atoms with Gasteiger partial charge in [0, 0.05) is 63.7 Å². The Morgan fingerprint density at radius 3 is 2.52 bits per heavy atom. The van der Waals surface area contributed by atoms with Crippen LogP contribution in [0.4, 0.5) is 5.69 Å². The number of carbonyl (C=O) groups is 1. The van der Waals surface area contributed by atoms with E-state index in [0.29, 0.717) is 19.0 Å². The molecule has 0 bridgehead atoms. The zero-order valence-corrected chi connectivity index (χ0v) is 17.0. The van der Waals surface area contributed by atoms with Crippen LogP contribution in [-0.2, 0) is 9.53 Å². The van der Waals surface area contributed by atoms with E-state index in [9.17, 15) is 4.79 Å². The van der Waals surface area contributed by atoms with Crippen LogP contribution >= 0.6 is 11.6 Å². The Labute approximate surface area is 166 Å². The first-order chi connectivity index (χ1) is 13.1. The van der Waals surface area contributed by atoms with Gasteiger partial charge >= 0.3 is 0 Å². The molecule has 1 saturated heterocycles. The molecular weight excluding hydrogens is 366 g/mol. The van der Waals surface area contributed by atoms with E-state index in [0.717, 1.165) is 50.0 Å². The third-order valence-corrected chi connectivity index (χ3v) is 4.67. The number of amides is 1. The first kappa shape index (κ1) is 21.3. The smallest absolute Gasteiger partial charge is 0.242 e. The Bertz CT molecular complexity index is 601. The van der Waals surface area contributed by atoms with Crippen LogP contribution in [0.1, 0.15) is 13.3 Å². The van der Waals surface area contributed by atoms with Gasteiger partial charge in [0.05, 0.1) is 6.54 Å². The highest BCUT2D eigenvalue weighted by Crippen LogP contribution is 2.19. The second-order valence-electron chi connectivity index (χ2n) is 6.25. The molecular formula is C19H30ClN5O2. The van der Waals surface area contributed by atoms with Crippen molar-refractivity contribution >= 4 is 29.2 Å². The number of piperazine rings is 1. The molecule has 0 unspecified atom stereocenters. The Balaban J connectivity index is 1.68. The Morgan fingerprint density at radius 1 is 1.19 bits per heavy atom. The molecule has 27 heavy (non-hydrogen) atoms. The first-order valence-electron chi connectivity index (χ1n) is 9.44. The average Bonchev–Trinajstić information content (AvgIpc) is 2.70. The van der Waals surface area contributed by atoms with E-state index in [4.69, 9.17) is 16.3 Å². The minimum Gasteiger partial charge on any atom is -0.382 e. The number of anilines is 1. The summed E-state index contributed by atoms with van der Waals surface area (Å²) >= 11 is 5.94. The average molecular weight is 396 g/mol. The fraction of sp³-hybridized carbons (Fsp3) is 0.579. The fourth-order valence-corrected chi connectivity index (χ4v) is 3.01. The molecule has 0 radical (unpaired) electrons. The van der Waals surface area contributed by atoms with Crippen LogP contribution in [0.15, 0.2) is 29.3 Å². The molecule has 1 aromatic carbocycles. The highest BCUT2D eigenvalue weighted by atomic mass is 35.5. The summed E-state index contributed by atoms with van der Waals surface area (Å²) in [5.74, 6) is 0.725. The van der Waals surface area contributed by atoms with E-state index >= 15 is 0 Å². The number of carbonyl (C=O) groups excluding carboxylic acids is 1. The Hall–Kier alpha value is -1.99. The molecule has 8 heteroatoms. The van der Waals surface area contributed by atoms with Gasteiger partial charge in [0.1, 0.15) is 0 Å². The number of nitrogens with one attached hydrogen (secondary N) is 2. The summed E-state index contributed by atoms with van der Waals surface area (Å²) in [6, 6.07) is 7.82. The molecule has 1 fully saturated rings. The summed E-state index contributed by atoms with van der Waals surface area (Å²) in [6.45, 7) is 7.49. The molecule has 0 aliphatic carbocycles. The van der Waals surface area contributed by atoms with Gasteiger partial charge in [-0.1, -0.05) is 11.6 Å². The highest BCUT2D eigenvalue weighted by molar-refractivity contribution is 6.30. The Kier molecular flexibility index (Phi) is 9.21. The van der Waals surface area contributed by atoms with E-state index in [2.05, 4.69) is 20.5 Å². The molecule has 1 aliphatic rings. The van der Waals surface area contributed by atoms with Crippen LogP contribution < -0.4 is 15.5 Å². The molecule has 1 aliphatic heterocycles. The van der Waals surface area contributed by atoms with Gasteiger partial charge < -0.3 is 25.2 Å². The van der Waals surface area contributed by atoms with Gasteiger partial charge in [0.15, 0.2) is 5.96 Å². The number of nitrogens with zero attached hydrogens (tertiary/aromatic N) is 3. The number of hydrogen-bond acceptors (Lipinski definition) is 4. The largest absolute Gasteiger partial charge is 0.382 e. The summed E-state index contributed by atoms with van der Waals surface area (Å²) in [6.07, 6.45) is 0.898. The maximum atomic E-state index is 12.4. The van der Waals surface area contributed by atoms with Crippen molar-refractivity contribution in [2.24, 2.45) is 4.99 Å². The standard InChI is InChI=1S/C19H30ClN5O2/c1-3-27-14-4-9-22-19(21-2)23-15-18(26)25-12-10-24(11-13-25)17-7-5-16(20)6-8-17/h5-8H,3-4,9-15H2,1-2H3,(H2,21,22,23). The van der Waals surface area contributed by atoms with Crippen molar-refractivity contribution in [1.82, 2.24) is 15.5 Å². The molecule has 1 amide bonds. The minimum absolute atomic E-state index is 0.0861. The third kappa shape index (κ3) is 7.27. The molecule has 0 aromatic heterocycles. The highest BCUT2D eigenvalue weighted by Gasteiger charge is 2.21. The second-order valence-corrected chi connectivity index (χ2v) is 6.68. The molecule has 1 heterocycles. The number of guanidine groups is 1. The third-order valence-electron chi connectivity index (χ3n) is 4.42. The normalized spacial score (nSPS) is 15.0. The number of benzene rings is 1. The summed E-state index contributed by atoms with van der Waals surface area (Å²) in [5.41, 5.74) is 1.14. The summed E-state index contributed by atoms with van der Waals surface area (Å²) in [4.78, 5) is 20.8. The van der Waals surface area contributed by atoms with Crippen molar-refractivity contribution in [3.05, 3.63) is 29.3 Å². The van der Waals surface area contributed by atoms with Crippen molar-refractivity contribution in [1.29, 1.82) is 0 Å². The van der Waals surface area contributed by atoms with Crippen LogP contribution in [0.2, 0.25) is 5.02 Å². The van der Waals surface area contributed by atoms with Crippen LogP contribution in [0.3, 0.4) is 0 Å². The summed E-state index contributed by atoms with van der Waals surface area (Å²) < 4.78 is 5.30. The van der Waals surface area contributed by atoms with Crippen molar-refractivity contribution in [2.75, 3.05) is 64.4 Å². The molecule has 0 saturated carbocycles. The minimum atomic E-state index is 0.0861. The molecule has 0 spiro atoms. The molecule has 1 aromatic rings. The lowest BCUT2D eigenvalue weighted by atomic mass is 10.2. The van der Waals surface area contributed by atoms with E-state index in [-0.39, 0.29) is 12.5 Å². The van der Waals surface area contributed by atoms with Gasteiger partial charge in [-0.05, 0) is 37.6 Å². The van der Waals surface area contributed by atoms with E-state index in [1.807, 2.05) is 36.1 Å². The fourth-order valence-electron chi connectivity index (χ4n) is 2.88. The topological polar surface area (TPSA) is 69.2 Å². The lowest BCUT2D eigenvalue weighted by Crippen LogP contribution is -2.52. The first-order valence-corrected chi connectivity index (χ1v) is 9.82. The summed E-state index contributed by atoms with van der Waals surface area (Å²) in [5, 5.41) is 7.01. The van der Waals surface area contributed by atoms with E-state index in [1.165, 1.54) is 0 Å². The lowest BCUT2D eigenvalue weighted by Gasteiger charge is -2.36. The molecule has 2 rings (SSSR count). The van der Waals surface area contributed by atoms with Crippen molar-refractivity contribution < 1.29 is 9.53 Å². The zero-order chi connectivity index (χ0) is 19.5. The number of rotatable bonds is 8. The van der Waals surface area contributed by atoms with Crippen molar-refractivity contribution in [3.8, 4) is 0 Å². The van der Waals surface area contributed by atoms with Gasteiger partial charge in [-0.2, -0.15) is 0 Å². The van der Waals surface area contributed by atoms with Gasteiger partial charge in [0.2, 0.25) is 5.91 Å². The van der Waals surface area contributed by atoms with E-state index < -0.39 is 0 Å². The monoisotopic (exact) mass is 395 g/mol. The number of ether oxygens (including phenoxy) is 1. The van der Waals surface area contributed by atoms with Gasteiger partial charge in [-0.15, -0.1) is 0 Å². The van der Waals surface area contributed by atoms with Gasteiger partial charge in [-0.3, -0.25) is 9.79 Å². The Morgan fingerprint density at radius 2 is 1.89 bits per heavy atom. The zero-order valence-electron chi connectivity index (χ0n) is 16.2. The molecule has 7 nitrogen and oxygen atoms in total. The predicted molar refractivity (Wildman–Crippen MR) is 111 cm³/mol.